The van der Waals surface area contributed by atoms with Crippen molar-refractivity contribution in [1.29, 1.82) is 0 Å². The summed E-state index contributed by atoms with van der Waals surface area (Å²) in [6.07, 6.45) is 3.07. The van der Waals surface area contributed by atoms with Crippen molar-refractivity contribution in [3.63, 3.8) is 0 Å². The first-order chi connectivity index (χ1) is 9.22. The summed E-state index contributed by atoms with van der Waals surface area (Å²) in [5.41, 5.74) is 4.94. The van der Waals surface area contributed by atoms with Gasteiger partial charge >= 0.3 is 0 Å². The Hall–Kier alpha value is -1.39. The van der Waals surface area contributed by atoms with Crippen LogP contribution < -0.4 is 11.3 Å². The monoisotopic (exact) mass is 261 g/mol. The van der Waals surface area contributed by atoms with Gasteiger partial charge in [-0.1, -0.05) is 31.2 Å². The molecule has 1 heterocycles. The number of hydrazine groups is 1. The van der Waals surface area contributed by atoms with Crippen molar-refractivity contribution >= 4 is 5.91 Å². The molecule has 1 aromatic carbocycles. The molecule has 1 amide bonds. The van der Waals surface area contributed by atoms with Crippen LogP contribution in [0.3, 0.4) is 0 Å². The number of piperidine rings is 1. The number of hydrogen-bond donors (Lipinski definition) is 2. The Kier molecular flexibility index (Phi) is 4.93. The van der Waals surface area contributed by atoms with Crippen LogP contribution in [0.15, 0.2) is 24.3 Å². The molecule has 1 saturated heterocycles. The largest absolute Gasteiger partial charge is 0.298 e. The Labute approximate surface area is 114 Å². The molecule has 0 aliphatic carbocycles. The molecule has 1 aromatic rings. The highest BCUT2D eigenvalue weighted by Crippen LogP contribution is 2.18. The van der Waals surface area contributed by atoms with Gasteiger partial charge in [0.1, 0.15) is 0 Å². The molecule has 1 aliphatic rings. The number of nitrogens with one attached hydrogen (secondary N) is 1. The van der Waals surface area contributed by atoms with Crippen LogP contribution in [0.25, 0.3) is 0 Å². The number of rotatable bonds is 4. The highest BCUT2D eigenvalue weighted by molar-refractivity contribution is 5.78. The molecule has 1 fully saturated rings. The van der Waals surface area contributed by atoms with Crippen LogP contribution >= 0.6 is 0 Å². The van der Waals surface area contributed by atoms with Crippen LogP contribution in [-0.2, 0) is 17.8 Å². The van der Waals surface area contributed by atoms with Gasteiger partial charge in [-0.2, -0.15) is 0 Å². The highest BCUT2D eigenvalue weighted by Gasteiger charge is 2.25. The van der Waals surface area contributed by atoms with Gasteiger partial charge in [0.05, 0.1) is 5.92 Å². The van der Waals surface area contributed by atoms with Gasteiger partial charge in [-0.15, -0.1) is 0 Å². The number of nitrogens with zero attached hydrogens (tertiary/aromatic N) is 1. The number of likely N-dealkylation sites (tertiary alicyclic amines) is 1. The van der Waals surface area contributed by atoms with Gasteiger partial charge < -0.3 is 0 Å². The first-order valence-corrected chi connectivity index (χ1v) is 7.03. The predicted octanol–water partition coefficient (Wildman–Crippen LogP) is 1.45. The number of amides is 1. The summed E-state index contributed by atoms with van der Waals surface area (Å²) < 4.78 is 0. The van der Waals surface area contributed by atoms with E-state index in [1.165, 1.54) is 11.1 Å². The average molecular weight is 261 g/mol. The molecule has 104 valence electrons. The van der Waals surface area contributed by atoms with Crippen molar-refractivity contribution in [3.05, 3.63) is 35.4 Å². The van der Waals surface area contributed by atoms with Crippen molar-refractivity contribution in [3.8, 4) is 0 Å². The standard InChI is InChI=1S/C15H23N3O/c1-2-12-5-7-13(8-6-12)10-18-9-3-4-14(11-18)15(19)17-16/h5-8,14H,2-4,9-11,16H2,1H3,(H,17,19)/t14-/m0/s1. The minimum absolute atomic E-state index is 0.0358. The van der Waals surface area contributed by atoms with Gasteiger partial charge in [-0.3, -0.25) is 15.1 Å². The van der Waals surface area contributed by atoms with E-state index in [1.807, 2.05) is 0 Å². The summed E-state index contributed by atoms with van der Waals surface area (Å²) >= 11 is 0. The Balaban J connectivity index is 1.92. The number of nitrogens with two attached hydrogens (primary N) is 1. The SMILES string of the molecule is CCc1ccc(CN2CCC[C@H](C(=O)NN)C2)cc1. The van der Waals surface area contributed by atoms with Crippen molar-refractivity contribution in [2.75, 3.05) is 13.1 Å². The fourth-order valence-electron chi connectivity index (χ4n) is 2.67. The van der Waals surface area contributed by atoms with Gasteiger partial charge in [-0.05, 0) is 36.9 Å². The van der Waals surface area contributed by atoms with Crippen LogP contribution in [-0.4, -0.2) is 23.9 Å². The van der Waals surface area contributed by atoms with E-state index in [0.29, 0.717) is 0 Å². The van der Waals surface area contributed by atoms with E-state index in [4.69, 9.17) is 5.84 Å². The Bertz CT molecular complexity index is 416. The molecule has 2 rings (SSSR count). The Morgan fingerprint density at radius 2 is 2.05 bits per heavy atom. The van der Waals surface area contributed by atoms with Crippen LogP contribution in [0.1, 0.15) is 30.9 Å². The van der Waals surface area contributed by atoms with Crippen molar-refractivity contribution in [2.45, 2.75) is 32.7 Å². The minimum atomic E-state index is -0.0361. The summed E-state index contributed by atoms with van der Waals surface area (Å²) in [6.45, 7) is 4.94. The first-order valence-electron chi connectivity index (χ1n) is 7.03. The number of benzene rings is 1. The normalized spacial score (nSPS) is 20.2. The molecule has 1 aliphatic heterocycles. The topological polar surface area (TPSA) is 58.4 Å². The van der Waals surface area contributed by atoms with Crippen LogP contribution in [0, 0.1) is 5.92 Å². The summed E-state index contributed by atoms with van der Waals surface area (Å²) in [7, 11) is 0. The van der Waals surface area contributed by atoms with Crippen LogP contribution in [0.2, 0.25) is 0 Å². The van der Waals surface area contributed by atoms with Gasteiger partial charge in [0.2, 0.25) is 5.91 Å². The molecule has 0 aromatic heterocycles. The van der Waals surface area contributed by atoms with E-state index in [2.05, 4.69) is 41.5 Å². The van der Waals surface area contributed by atoms with E-state index >= 15 is 0 Å². The molecular formula is C15H23N3O. The lowest BCUT2D eigenvalue weighted by Crippen LogP contribution is -2.44. The summed E-state index contributed by atoms with van der Waals surface area (Å²) in [5.74, 6) is 5.21. The van der Waals surface area contributed by atoms with Gasteiger partial charge in [0, 0.05) is 13.1 Å². The second-order valence-electron chi connectivity index (χ2n) is 5.25. The predicted molar refractivity (Wildman–Crippen MR) is 76.2 cm³/mol. The molecular weight excluding hydrogens is 238 g/mol. The number of carbonyl (C=O) groups excluding carboxylic acids is 1. The maximum atomic E-state index is 11.6. The zero-order valence-corrected chi connectivity index (χ0v) is 11.6. The lowest BCUT2D eigenvalue weighted by molar-refractivity contribution is -0.126. The summed E-state index contributed by atoms with van der Waals surface area (Å²) in [6, 6.07) is 8.74. The second kappa shape index (κ2) is 6.68. The molecule has 1 atom stereocenters. The van der Waals surface area contributed by atoms with E-state index in [-0.39, 0.29) is 11.8 Å². The average Bonchev–Trinajstić information content (AvgIpc) is 2.47. The minimum Gasteiger partial charge on any atom is -0.298 e. The van der Waals surface area contributed by atoms with Crippen molar-refractivity contribution in [2.24, 2.45) is 11.8 Å². The van der Waals surface area contributed by atoms with E-state index in [9.17, 15) is 4.79 Å². The molecule has 4 nitrogen and oxygen atoms in total. The van der Waals surface area contributed by atoms with Gasteiger partial charge in [0.25, 0.3) is 0 Å². The number of hydrogen-bond acceptors (Lipinski definition) is 3. The second-order valence-corrected chi connectivity index (χ2v) is 5.25. The smallest absolute Gasteiger partial charge is 0.238 e. The maximum absolute atomic E-state index is 11.6. The fourth-order valence-corrected chi connectivity index (χ4v) is 2.67. The maximum Gasteiger partial charge on any atom is 0.238 e. The molecule has 19 heavy (non-hydrogen) atoms. The molecule has 0 saturated carbocycles. The summed E-state index contributed by atoms with van der Waals surface area (Å²) in [4.78, 5) is 13.9. The third kappa shape index (κ3) is 3.78. The quantitative estimate of drug-likeness (QED) is 0.490. The molecule has 0 unspecified atom stereocenters. The van der Waals surface area contributed by atoms with Gasteiger partial charge in [0.15, 0.2) is 0 Å². The molecule has 4 heteroatoms. The fraction of sp³-hybridized carbons (Fsp3) is 0.533. The first kappa shape index (κ1) is 14.0. The number of aryl methyl sites for hydroxylation is 1. The Morgan fingerprint density at radius 3 is 2.68 bits per heavy atom. The molecule has 0 spiro atoms. The van der Waals surface area contributed by atoms with E-state index < -0.39 is 0 Å². The third-order valence-corrected chi connectivity index (χ3v) is 3.86. The third-order valence-electron chi connectivity index (χ3n) is 3.86. The van der Waals surface area contributed by atoms with Crippen LogP contribution in [0.4, 0.5) is 0 Å². The molecule has 0 radical (unpaired) electrons. The highest BCUT2D eigenvalue weighted by atomic mass is 16.2. The van der Waals surface area contributed by atoms with Crippen molar-refractivity contribution < 1.29 is 4.79 Å². The molecule has 0 bridgehead atoms. The van der Waals surface area contributed by atoms with E-state index in [1.54, 1.807) is 0 Å². The van der Waals surface area contributed by atoms with E-state index in [0.717, 1.165) is 38.9 Å². The zero-order valence-electron chi connectivity index (χ0n) is 11.6. The lowest BCUT2D eigenvalue weighted by atomic mass is 9.97. The molecule has 3 N–H and O–H groups in total. The van der Waals surface area contributed by atoms with Gasteiger partial charge in [-0.25, -0.2) is 5.84 Å². The zero-order chi connectivity index (χ0) is 13.7. The Morgan fingerprint density at radius 1 is 1.37 bits per heavy atom. The summed E-state index contributed by atoms with van der Waals surface area (Å²) in [5, 5.41) is 0. The van der Waals surface area contributed by atoms with Crippen molar-refractivity contribution in [1.82, 2.24) is 10.3 Å². The number of carbonyl (C=O) groups is 1. The van der Waals surface area contributed by atoms with Crippen LogP contribution in [0.5, 0.6) is 0 Å². The lowest BCUT2D eigenvalue weighted by Gasteiger charge is -2.31.